The molecule has 0 fully saturated rings. The molecule has 0 saturated heterocycles. The first-order chi connectivity index (χ1) is 11.6. The maximum absolute atomic E-state index is 12.2. The van der Waals surface area contributed by atoms with E-state index in [1.807, 2.05) is 37.2 Å². The fraction of sp³-hybridized carbons (Fsp3) is 0.250. The quantitative estimate of drug-likeness (QED) is 0.715. The highest BCUT2D eigenvalue weighted by atomic mass is 16.1. The number of aromatic nitrogens is 4. The number of hydrogen-bond donors (Lipinski definition) is 2. The van der Waals surface area contributed by atoms with Crippen LogP contribution in [0, 0.1) is 0 Å². The maximum Gasteiger partial charge on any atom is 0.254 e. The summed E-state index contributed by atoms with van der Waals surface area (Å²) in [5.41, 5.74) is 8.36. The zero-order chi connectivity index (χ0) is 17.1. The highest BCUT2D eigenvalue weighted by Gasteiger charge is 2.16. The molecule has 0 unspecified atom stereocenters. The number of hydrogen-bond acceptors (Lipinski definition) is 6. The van der Waals surface area contributed by atoms with E-state index in [1.54, 1.807) is 12.4 Å². The van der Waals surface area contributed by atoms with Gasteiger partial charge in [-0.2, -0.15) is 0 Å². The van der Waals surface area contributed by atoms with Gasteiger partial charge in [-0.15, -0.1) is 5.10 Å². The number of nitrogens with two attached hydrogens (primary N) is 1. The first-order valence-electron chi connectivity index (χ1n) is 7.54. The molecule has 0 atom stereocenters. The Morgan fingerprint density at radius 3 is 2.88 bits per heavy atom. The molecule has 0 aliphatic rings. The number of anilines is 1. The Kier molecular flexibility index (Phi) is 4.39. The number of nitrogens with one attached hydrogen (secondary N) is 1. The van der Waals surface area contributed by atoms with E-state index in [-0.39, 0.29) is 5.91 Å². The minimum atomic E-state index is -0.195. The van der Waals surface area contributed by atoms with Gasteiger partial charge in [-0.25, -0.2) is 9.50 Å². The molecular weight excluding hydrogens is 306 g/mol. The Morgan fingerprint density at radius 2 is 2.17 bits per heavy atom. The highest BCUT2D eigenvalue weighted by molar-refractivity contribution is 5.94. The van der Waals surface area contributed by atoms with Crippen molar-refractivity contribution < 1.29 is 4.79 Å². The molecule has 0 aliphatic heterocycles. The number of likely N-dealkylation sites (N-methyl/N-ethyl adjacent to an activating group) is 1. The van der Waals surface area contributed by atoms with E-state index in [1.165, 1.54) is 10.7 Å². The van der Waals surface area contributed by atoms with Crippen LogP contribution in [-0.4, -0.2) is 57.6 Å². The third-order valence-electron chi connectivity index (χ3n) is 3.53. The van der Waals surface area contributed by atoms with Gasteiger partial charge in [0.15, 0.2) is 11.5 Å². The molecule has 24 heavy (non-hydrogen) atoms. The number of pyridine rings is 1. The van der Waals surface area contributed by atoms with E-state index in [4.69, 9.17) is 5.73 Å². The van der Waals surface area contributed by atoms with Gasteiger partial charge in [-0.3, -0.25) is 9.78 Å². The van der Waals surface area contributed by atoms with E-state index >= 15 is 0 Å². The average Bonchev–Trinajstić information content (AvgIpc) is 2.90. The topological polar surface area (TPSA) is 101 Å². The second kappa shape index (κ2) is 6.63. The molecule has 3 heterocycles. The molecule has 0 aromatic carbocycles. The smallest absolute Gasteiger partial charge is 0.254 e. The fourth-order valence-corrected chi connectivity index (χ4v) is 2.32. The Morgan fingerprint density at radius 1 is 1.33 bits per heavy atom. The van der Waals surface area contributed by atoms with Gasteiger partial charge < -0.3 is 16.0 Å². The monoisotopic (exact) mass is 325 g/mol. The number of carbonyl (C=O) groups is 1. The molecule has 0 saturated carbocycles. The van der Waals surface area contributed by atoms with E-state index in [2.05, 4.69) is 20.4 Å². The van der Waals surface area contributed by atoms with Crippen molar-refractivity contribution in [3.05, 3.63) is 42.4 Å². The number of rotatable bonds is 5. The summed E-state index contributed by atoms with van der Waals surface area (Å²) in [7, 11) is 3.90. The predicted molar refractivity (Wildman–Crippen MR) is 91.5 cm³/mol. The highest BCUT2D eigenvalue weighted by Crippen LogP contribution is 2.27. The van der Waals surface area contributed by atoms with Crippen LogP contribution in [0.25, 0.3) is 16.9 Å². The molecule has 0 radical (unpaired) electrons. The van der Waals surface area contributed by atoms with Crippen LogP contribution < -0.4 is 11.1 Å². The summed E-state index contributed by atoms with van der Waals surface area (Å²) in [6.45, 7) is 1.32. The van der Waals surface area contributed by atoms with E-state index in [9.17, 15) is 4.79 Å². The fourth-order valence-electron chi connectivity index (χ4n) is 2.32. The second-order valence-corrected chi connectivity index (χ2v) is 5.65. The number of fused-ring (bicyclic) bond motifs is 1. The zero-order valence-electron chi connectivity index (χ0n) is 13.6. The van der Waals surface area contributed by atoms with Crippen molar-refractivity contribution in [2.24, 2.45) is 0 Å². The Bertz CT molecular complexity index is 857. The SMILES string of the molecule is CN(C)CCNC(=O)c1cnc2c(-c3ccccn3)c(N)nn2c1. The summed E-state index contributed by atoms with van der Waals surface area (Å²) >= 11 is 0. The summed E-state index contributed by atoms with van der Waals surface area (Å²) in [5, 5.41) is 7.09. The molecule has 0 aliphatic carbocycles. The number of nitrogens with zero attached hydrogens (tertiary/aromatic N) is 5. The van der Waals surface area contributed by atoms with Crippen molar-refractivity contribution in [2.75, 3.05) is 32.9 Å². The normalized spacial score (nSPS) is 11.1. The lowest BCUT2D eigenvalue weighted by atomic mass is 10.2. The van der Waals surface area contributed by atoms with Gasteiger partial charge in [0.05, 0.1) is 16.8 Å². The summed E-state index contributed by atoms with van der Waals surface area (Å²) < 4.78 is 1.51. The van der Waals surface area contributed by atoms with Crippen molar-refractivity contribution in [1.82, 2.24) is 29.8 Å². The van der Waals surface area contributed by atoms with Gasteiger partial charge in [0, 0.05) is 31.7 Å². The van der Waals surface area contributed by atoms with Crippen molar-refractivity contribution in [1.29, 1.82) is 0 Å². The van der Waals surface area contributed by atoms with Crippen LogP contribution in [0.2, 0.25) is 0 Å². The van der Waals surface area contributed by atoms with Crippen LogP contribution >= 0.6 is 0 Å². The number of amides is 1. The lowest BCUT2D eigenvalue weighted by Gasteiger charge is -2.10. The van der Waals surface area contributed by atoms with Crippen LogP contribution in [-0.2, 0) is 0 Å². The molecule has 3 aromatic rings. The molecule has 3 rings (SSSR count). The number of carbonyl (C=O) groups excluding carboxylic acids is 1. The largest absolute Gasteiger partial charge is 0.382 e. The lowest BCUT2D eigenvalue weighted by molar-refractivity contribution is 0.0950. The molecule has 8 nitrogen and oxygen atoms in total. The zero-order valence-corrected chi connectivity index (χ0v) is 13.6. The molecule has 3 aromatic heterocycles. The van der Waals surface area contributed by atoms with Gasteiger partial charge in [-0.1, -0.05) is 6.07 Å². The van der Waals surface area contributed by atoms with Gasteiger partial charge in [0.2, 0.25) is 0 Å². The van der Waals surface area contributed by atoms with Crippen LogP contribution in [0.1, 0.15) is 10.4 Å². The molecule has 1 amide bonds. The first kappa shape index (κ1) is 15.9. The van der Waals surface area contributed by atoms with Crippen molar-refractivity contribution >= 4 is 17.4 Å². The average molecular weight is 325 g/mol. The predicted octanol–water partition coefficient (Wildman–Crippen LogP) is 0.665. The van der Waals surface area contributed by atoms with Crippen LogP contribution in [0.5, 0.6) is 0 Å². The molecule has 0 spiro atoms. The van der Waals surface area contributed by atoms with Crippen LogP contribution in [0.3, 0.4) is 0 Å². The Hall–Kier alpha value is -3.00. The van der Waals surface area contributed by atoms with Crippen molar-refractivity contribution in [2.45, 2.75) is 0 Å². The lowest BCUT2D eigenvalue weighted by Crippen LogP contribution is -2.31. The summed E-state index contributed by atoms with van der Waals surface area (Å²) in [4.78, 5) is 22.8. The molecule has 3 N–H and O–H groups in total. The molecule has 8 heteroatoms. The van der Waals surface area contributed by atoms with Gasteiger partial charge in [0.25, 0.3) is 5.91 Å². The first-order valence-corrected chi connectivity index (χ1v) is 7.54. The van der Waals surface area contributed by atoms with Gasteiger partial charge in [-0.05, 0) is 26.2 Å². The third kappa shape index (κ3) is 3.18. The minimum Gasteiger partial charge on any atom is -0.382 e. The van der Waals surface area contributed by atoms with Gasteiger partial charge >= 0.3 is 0 Å². The molecule has 0 bridgehead atoms. The van der Waals surface area contributed by atoms with E-state index in [0.29, 0.717) is 34.8 Å². The summed E-state index contributed by atoms with van der Waals surface area (Å²) in [6.07, 6.45) is 4.83. The standard InChI is InChI=1S/C16H19N7O/c1-22(2)8-7-19-16(24)11-9-20-15-13(12-5-3-4-6-18-12)14(17)21-23(15)10-11/h3-6,9-10H,7-8H2,1-2H3,(H2,17,21)(H,19,24). The Balaban J connectivity index is 1.89. The van der Waals surface area contributed by atoms with E-state index < -0.39 is 0 Å². The van der Waals surface area contributed by atoms with Crippen molar-refractivity contribution in [3.63, 3.8) is 0 Å². The van der Waals surface area contributed by atoms with Crippen LogP contribution in [0.15, 0.2) is 36.8 Å². The maximum atomic E-state index is 12.2. The van der Waals surface area contributed by atoms with Crippen molar-refractivity contribution in [3.8, 4) is 11.3 Å². The van der Waals surface area contributed by atoms with Crippen LogP contribution in [0.4, 0.5) is 5.82 Å². The molecule has 124 valence electrons. The second-order valence-electron chi connectivity index (χ2n) is 5.65. The Labute approximate surface area is 139 Å². The summed E-state index contributed by atoms with van der Waals surface area (Å²) in [6, 6.07) is 5.55. The number of nitrogen functional groups attached to an aromatic ring is 1. The van der Waals surface area contributed by atoms with E-state index in [0.717, 1.165) is 6.54 Å². The molecular formula is C16H19N7O. The van der Waals surface area contributed by atoms with Gasteiger partial charge in [0.1, 0.15) is 0 Å². The third-order valence-corrected chi connectivity index (χ3v) is 3.53. The summed E-state index contributed by atoms with van der Waals surface area (Å²) in [5.74, 6) is 0.131. The minimum absolute atomic E-state index is 0.195.